The largest absolute Gasteiger partial charge is 0.475 e. The van der Waals surface area contributed by atoms with Crippen molar-refractivity contribution >= 4 is 5.82 Å². The van der Waals surface area contributed by atoms with Crippen LogP contribution < -0.4 is 10.1 Å². The highest BCUT2D eigenvalue weighted by molar-refractivity contribution is 5.37. The van der Waals surface area contributed by atoms with Gasteiger partial charge in [-0.1, -0.05) is 0 Å². The minimum Gasteiger partial charge on any atom is -0.475 e. The van der Waals surface area contributed by atoms with E-state index in [0.717, 1.165) is 18.1 Å². The number of H-pyrrole nitrogens is 1. The van der Waals surface area contributed by atoms with Crippen molar-refractivity contribution in [3.63, 3.8) is 0 Å². The van der Waals surface area contributed by atoms with E-state index in [1.807, 2.05) is 13.8 Å². The Morgan fingerprint density at radius 2 is 2.17 bits per heavy atom. The minimum absolute atomic E-state index is 0.0990. The lowest BCUT2D eigenvalue weighted by Crippen LogP contribution is -2.10. The Bertz CT molecular complexity index is 470. The van der Waals surface area contributed by atoms with Crippen molar-refractivity contribution in [1.82, 2.24) is 25.1 Å². The summed E-state index contributed by atoms with van der Waals surface area (Å²) in [6, 6.07) is 1.78. The first-order valence-electron chi connectivity index (χ1n) is 5.81. The number of aromatic nitrogens is 5. The van der Waals surface area contributed by atoms with Crippen molar-refractivity contribution in [2.75, 3.05) is 11.9 Å². The molecule has 2 rings (SSSR count). The molecule has 96 valence electrons. The smallest absolute Gasteiger partial charge is 0.218 e. The number of ether oxygens (including phenoxy) is 1. The number of hydrogen-bond donors (Lipinski definition) is 2. The van der Waals surface area contributed by atoms with Gasteiger partial charge in [-0.25, -0.2) is 15.0 Å². The summed E-state index contributed by atoms with van der Waals surface area (Å²) in [5, 5.41) is 9.77. The second kappa shape index (κ2) is 5.95. The van der Waals surface area contributed by atoms with Crippen molar-refractivity contribution in [2.24, 2.45) is 0 Å². The summed E-state index contributed by atoms with van der Waals surface area (Å²) in [6.07, 6.45) is 3.83. The van der Waals surface area contributed by atoms with E-state index < -0.39 is 0 Å². The molecular formula is C11H16N6O. The Labute approximate surface area is 105 Å². The molecule has 0 bridgehead atoms. The van der Waals surface area contributed by atoms with Crippen LogP contribution in [-0.4, -0.2) is 37.8 Å². The molecule has 0 atom stereocenters. The van der Waals surface area contributed by atoms with Crippen LogP contribution in [0.25, 0.3) is 0 Å². The van der Waals surface area contributed by atoms with Crippen LogP contribution in [0.15, 0.2) is 18.7 Å². The van der Waals surface area contributed by atoms with Crippen LogP contribution in [0, 0.1) is 0 Å². The van der Waals surface area contributed by atoms with Crippen molar-refractivity contribution in [3.8, 4) is 5.88 Å². The lowest BCUT2D eigenvalue weighted by atomic mass is 10.4. The third-order valence-electron chi connectivity index (χ3n) is 2.13. The Morgan fingerprint density at radius 1 is 1.28 bits per heavy atom. The molecule has 0 radical (unpaired) electrons. The standard InChI is InChI=1S/C11H16N6O/c1-8(2)18-11-5-10(13-6-15-11)12-4-3-9-14-7-16-17-9/h5-8H,3-4H2,1-2H3,(H,12,13,15)(H,14,16,17). The van der Waals surface area contributed by atoms with Crippen LogP contribution in [0.5, 0.6) is 5.88 Å². The molecule has 2 aromatic heterocycles. The van der Waals surface area contributed by atoms with Gasteiger partial charge in [-0.15, -0.1) is 0 Å². The fourth-order valence-electron chi connectivity index (χ4n) is 1.40. The molecule has 2 aromatic rings. The second-order valence-electron chi connectivity index (χ2n) is 4.02. The molecule has 0 aliphatic heterocycles. The maximum absolute atomic E-state index is 5.49. The molecular weight excluding hydrogens is 232 g/mol. The highest BCUT2D eigenvalue weighted by Gasteiger charge is 2.02. The van der Waals surface area contributed by atoms with Crippen molar-refractivity contribution in [3.05, 3.63) is 24.5 Å². The second-order valence-corrected chi connectivity index (χ2v) is 4.02. The quantitative estimate of drug-likeness (QED) is 0.794. The summed E-state index contributed by atoms with van der Waals surface area (Å²) < 4.78 is 5.49. The zero-order valence-electron chi connectivity index (χ0n) is 10.4. The van der Waals surface area contributed by atoms with Gasteiger partial charge in [0.05, 0.1) is 6.10 Å². The van der Waals surface area contributed by atoms with E-state index in [0.29, 0.717) is 12.4 Å². The molecule has 0 amide bonds. The molecule has 2 heterocycles. The van der Waals surface area contributed by atoms with Gasteiger partial charge in [0.2, 0.25) is 5.88 Å². The summed E-state index contributed by atoms with van der Waals surface area (Å²) >= 11 is 0. The van der Waals surface area contributed by atoms with Crippen molar-refractivity contribution in [2.45, 2.75) is 26.4 Å². The highest BCUT2D eigenvalue weighted by Crippen LogP contribution is 2.12. The molecule has 0 saturated carbocycles. The summed E-state index contributed by atoms with van der Waals surface area (Å²) in [4.78, 5) is 12.2. The lowest BCUT2D eigenvalue weighted by molar-refractivity contribution is 0.232. The van der Waals surface area contributed by atoms with E-state index in [4.69, 9.17) is 4.74 Å². The Hall–Kier alpha value is -2.18. The number of aromatic amines is 1. The van der Waals surface area contributed by atoms with Crippen LogP contribution in [-0.2, 0) is 6.42 Å². The number of nitrogens with one attached hydrogen (secondary N) is 2. The van der Waals surface area contributed by atoms with E-state index >= 15 is 0 Å². The zero-order valence-corrected chi connectivity index (χ0v) is 10.4. The molecule has 2 N–H and O–H groups in total. The normalized spacial score (nSPS) is 10.6. The molecule has 0 aromatic carbocycles. The summed E-state index contributed by atoms with van der Waals surface area (Å²) in [6.45, 7) is 4.63. The predicted octanol–water partition coefficient (Wildman–Crippen LogP) is 1.04. The fraction of sp³-hybridized carbons (Fsp3) is 0.455. The number of anilines is 1. The molecule has 0 unspecified atom stereocenters. The van der Waals surface area contributed by atoms with Crippen LogP contribution in [0.2, 0.25) is 0 Å². The maximum atomic E-state index is 5.49. The predicted molar refractivity (Wildman–Crippen MR) is 66.4 cm³/mol. The first-order chi connectivity index (χ1) is 8.74. The van der Waals surface area contributed by atoms with Gasteiger partial charge in [-0.2, -0.15) is 5.10 Å². The Morgan fingerprint density at radius 3 is 2.89 bits per heavy atom. The van der Waals surface area contributed by atoms with E-state index in [1.54, 1.807) is 6.07 Å². The van der Waals surface area contributed by atoms with Gasteiger partial charge in [0, 0.05) is 19.0 Å². The monoisotopic (exact) mass is 248 g/mol. The van der Waals surface area contributed by atoms with E-state index in [-0.39, 0.29) is 6.10 Å². The number of rotatable bonds is 6. The molecule has 0 fully saturated rings. The molecule has 0 saturated heterocycles. The Kier molecular flexibility index (Phi) is 4.06. The third-order valence-corrected chi connectivity index (χ3v) is 2.13. The number of hydrogen-bond acceptors (Lipinski definition) is 6. The van der Waals surface area contributed by atoms with Crippen molar-refractivity contribution in [1.29, 1.82) is 0 Å². The van der Waals surface area contributed by atoms with E-state index in [1.165, 1.54) is 12.7 Å². The Balaban J connectivity index is 1.85. The minimum atomic E-state index is 0.0990. The van der Waals surface area contributed by atoms with Gasteiger partial charge in [-0.05, 0) is 13.8 Å². The van der Waals surface area contributed by atoms with Gasteiger partial charge in [-0.3, -0.25) is 5.10 Å². The van der Waals surface area contributed by atoms with Crippen molar-refractivity contribution < 1.29 is 4.74 Å². The first kappa shape index (κ1) is 12.3. The lowest BCUT2D eigenvalue weighted by Gasteiger charge is -2.09. The maximum Gasteiger partial charge on any atom is 0.218 e. The van der Waals surface area contributed by atoms with Gasteiger partial charge in [0.15, 0.2) is 0 Å². The average Bonchev–Trinajstić information content (AvgIpc) is 2.82. The fourth-order valence-corrected chi connectivity index (χ4v) is 1.40. The zero-order chi connectivity index (χ0) is 12.8. The van der Waals surface area contributed by atoms with E-state index in [9.17, 15) is 0 Å². The van der Waals surface area contributed by atoms with Crippen LogP contribution in [0.3, 0.4) is 0 Å². The van der Waals surface area contributed by atoms with Gasteiger partial charge >= 0.3 is 0 Å². The third kappa shape index (κ3) is 3.69. The molecule has 18 heavy (non-hydrogen) atoms. The van der Waals surface area contributed by atoms with Gasteiger partial charge in [0.1, 0.15) is 24.3 Å². The van der Waals surface area contributed by atoms with E-state index in [2.05, 4.69) is 30.5 Å². The highest BCUT2D eigenvalue weighted by atomic mass is 16.5. The van der Waals surface area contributed by atoms with Gasteiger partial charge in [0.25, 0.3) is 0 Å². The summed E-state index contributed by atoms with van der Waals surface area (Å²) in [5.41, 5.74) is 0. The average molecular weight is 248 g/mol. The SMILES string of the molecule is CC(C)Oc1cc(NCCc2ncn[nH]2)ncn1. The topological polar surface area (TPSA) is 88.6 Å². The molecule has 0 aliphatic carbocycles. The first-order valence-corrected chi connectivity index (χ1v) is 5.81. The van der Waals surface area contributed by atoms with Crippen LogP contribution >= 0.6 is 0 Å². The molecule has 7 heteroatoms. The summed E-state index contributed by atoms with van der Waals surface area (Å²) in [7, 11) is 0. The van der Waals surface area contributed by atoms with Gasteiger partial charge < -0.3 is 10.1 Å². The van der Waals surface area contributed by atoms with Crippen LogP contribution in [0.1, 0.15) is 19.7 Å². The van der Waals surface area contributed by atoms with Crippen LogP contribution in [0.4, 0.5) is 5.82 Å². The summed E-state index contributed by atoms with van der Waals surface area (Å²) in [5.74, 6) is 2.15. The molecule has 7 nitrogen and oxygen atoms in total. The molecule has 0 spiro atoms. The number of nitrogens with zero attached hydrogens (tertiary/aromatic N) is 4. The molecule has 0 aliphatic rings.